The standard InChI is InChI=1S/C17H24N2O/c1-14(12-15-6-4-3-5-7-15)13-19-10-8-16(9-11-19)17(20)18-2/h3-7,12,16H,8-11,13H2,1-2H3,(H,18,20)/b14-12+. The molecule has 1 aromatic carbocycles. The van der Waals surface area contributed by atoms with E-state index in [1.807, 2.05) is 6.07 Å². The maximum Gasteiger partial charge on any atom is 0.222 e. The van der Waals surface area contributed by atoms with Gasteiger partial charge in [-0.1, -0.05) is 42.0 Å². The van der Waals surface area contributed by atoms with E-state index in [-0.39, 0.29) is 11.8 Å². The zero-order valence-electron chi connectivity index (χ0n) is 12.4. The summed E-state index contributed by atoms with van der Waals surface area (Å²) in [5.74, 6) is 0.399. The highest BCUT2D eigenvalue weighted by molar-refractivity contribution is 5.78. The summed E-state index contributed by atoms with van der Waals surface area (Å²) in [6.45, 7) is 5.20. The molecule has 0 unspecified atom stereocenters. The van der Waals surface area contributed by atoms with E-state index < -0.39 is 0 Å². The van der Waals surface area contributed by atoms with Gasteiger partial charge in [0.2, 0.25) is 5.91 Å². The maximum absolute atomic E-state index is 11.6. The van der Waals surface area contributed by atoms with Crippen LogP contribution in [0.25, 0.3) is 6.08 Å². The van der Waals surface area contributed by atoms with Crippen molar-refractivity contribution in [1.29, 1.82) is 0 Å². The molecule has 1 aliphatic heterocycles. The number of piperidine rings is 1. The fourth-order valence-corrected chi connectivity index (χ4v) is 2.79. The fraction of sp³-hybridized carbons (Fsp3) is 0.471. The smallest absolute Gasteiger partial charge is 0.222 e. The monoisotopic (exact) mass is 272 g/mol. The molecule has 108 valence electrons. The highest BCUT2D eigenvalue weighted by atomic mass is 16.1. The second-order valence-electron chi connectivity index (χ2n) is 5.57. The Hall–Kier alpha value is -1.61. The van der Waals surface area contributed by atoms with E-state index in [1.54, 1.807) is 7.05 Å². The van der Waals surface area contributed by atoms with Crippen molar-refractivity contribution in [2.24, 2.45) is 5.92 Å². The van der Waals surface area contributed by atoms with Crippen molar-refractivity contribution in [1.82, 2.24) is 10.2 Å². The van der Waals surface area contributed by atoms with Crippen molar-refractivity contribution in [3.63, 3.8) is 0 Å². The van der Waals surface area contributed by atoms with Crippen molar-refractivity contribution in [2.75, 3.05) is 26.7 Å². The zero-order valence-corrected chi connectivity index (χ0v) is 12.4. The molecule has 0 aromatic heterocycles. The summed E-state index contributed by atoms with van der Waals surface area (Å²) in [4.78, 5) is 14.0. The van der Waals surface area contributed by atoms with Crippen LogP contribution in [-0.4, -0.2) is 37.5 Å². The normalized spacial score (nSPS) is 18.0. The average molecular weight is 272 g/mol. The molecule has 0 aliphatic carbocycles. The lowest BCUT2D eigenvalue weighted by Gasteiger charge is -2.31. The Labute approximate surface area is 121 Å². The van der Waals surface area contributed by atoms with Crippen LogP contribution in [0, 0.1) is 5.92 Å². The van der Waals surface area contributed by atoms with Crippen LogP contribution in [0.4, 0.5) is 0 Å². The van der Waals surface area contributed by atoms with Gasteiger partial charge in [0, 0.05) is 19.5 Å². The number of hydrogen-bond donors (Lipinski definition) is 1. The van der Waals surface area contributed by atoms with E-state index in [0.29, 0.717) is 0 Å². The summed E-state index contributed by atoms with van der Waals surface area (Å²) < 4.78 is 0. The molecule has 20 heavy (non-hydrogen) atoms. The first-order valence-electron chi connectivity index (χ1n) is 7.35. The molecule has 1 amide bonds. The van der Waals surface area contributed by atoms with Gasteiger partial charge in [-0.15, -0.1) is 0 Å². The van der Waals surface area contributed by atoms with Crippen molar-refractivity contribution in [3.8, 4) is 0 Å². The van der Waals surface area contributed by atoms with Gasteiger partial charge in [-0.2, -0.15) is 0 Å². The molecule has 0 bridgehead atoms. The van der Waals surface area contributed by atoms with Crippen LogP contribution in [0.1, 0.15) is 25.3 Å². The molecule has 0 atom stereocenters. The van der Waals surface area contributed by atoms with E-state index in [1.165, 1.54) is 11.1 Å². The summed E-state index contributed by atoms with van der Waals surface area (Å²) in [5, 5.41) is 2.75. The van der Waals surface area contributed by atoms with Gasteiger partial charge in [-0.25, -0.2) is 0 Å². The van der Waals surface area contributed by atoms with Crippen molar-refractivity contribution in [3.05, 3.63) is 41.5 Å². The van der Waals surface area contributed by atoms with Crippen LogP contribution in [0.2, 0.25) is 0 Å². The number of benzene rings is 1. The average Bonchev–Trinajstić information content (AvgIpc) is 2.48. The molecule has 1 heterocycles. The first-order valence-corrected chi connectivity index (χ1v) is 7.35. The first-order chi connectivity index (χ1) is 9.69. The van der Waals surface area contributed by atoms with Gasteiger partial charge in [0.05, 0.1) is 0 Å². The lowest BCUT2D eigenvalue weighted by atomic mass is 9.95. The van der Waals surface area contributed by atoms with Crippen molar-refractivity contribution in [2.45, 2.75) is 19.8 Å². The van der Waals surface area contributed by atoms with Crippen LogP contribution in [0.3, 0.4) is 0 Å². The van der Waals surface area contributed by atoms with E-state index in [2.05, 4.69) is 47.5 Å². The largest absolute Gasteiger partial charge is 0.359 e. The minimum atomic E-state index is 0.196. The second-order valence-corrected chi connectivity index (χ2v) is 5.57. The Morgan fingerprint density at radius 3 is 2.55 bits per heavy atom. The van der Waals surface area contributed by atoms with E-state index >= 15 is 0 Å². The van der Waals surface area contributed by atoms with Gasteiger partial charge < -0.3 is 5.32 Å². The van der Waals surface area contributed by atoms with Crippen LogP contribution >= 0.6 is 0 Å². The molecule has 3 nitrogen and oxygen atoms in total. The van der Waals surface area contributed by atoms with E-state index in [9.17, 15) is 4.79 Å². The molecule has 1 aliphatic rings. The molecular formula is C17H24N2O. The summed E-state index contributed by atoms with van der Waals surface area (Å²) >= 11 is 0. The summed E-state index contributed by atoms with van der Waals surface area (Å²) in [6.07, 6.45) is 4.18. The highest BCUT2D eigenvalue weighted by Gasteiger charge is 2.23. The molecule has 1 aromatic rings. The Morgan fingerprint density at radius 1 is 1.30 bits per heavy atom. The summed E-state index contributed by atoms with van der Waals surface area (Å²) in [5.41, 5.74) is 2.62. The van der Waals surface area contributed by atoms with Gasteiger partial charge in [-0.3, -0.25) is 9.69 Å². The minimum Gasteiger partial charge on any atom is -0.359 e. The van der Waals surface area contributed by atoms with Crippen molar-refractivity contribution >= 4 is 12.0 Å². The number of hydrogen-bond acceptors (Lipinski definition) is 2. The van der Waals surface area contributed by atoms with Gasteiger partial charge in [0.25, 0.3) is 0 Å². The molecule has 0 spiro atoms. The third-order valence-electron chi connectivity index (χ3n) is 3.89. The van der Waals surface area contributed by atoms with Gasteiger partial charge in [0.1, 0.15) is 0 Å². The first kappa shape index (κ1) is 14.8. The third-order valence-corrected chi connectivity index (χ3v) is 3.89. The van der Waals surface area contributed by atoms with Crippen molar-refractivity contribution < 1.29 is 4.79 Å². The number of carbonyl (C=O) groups excluding carboxylic acids is 1. The zero-order chi connectivity index (χ0) is 14.4. The molecular weight excluding hydrogens is 248 g/mol. The Balaban J connectivity index is 1.83. The molecule has 2 rings (SSSR count). The number of carbonyl (C=O) groups is 1. The quantitative estimate of drug-likeness (QED) is 0.913. The highest BCUT2D eigenvalue weighted by Crippen LogP contribution is 2.18. The molecule has 0 saturated carbocycles. The minimum absolute atomic E-state index is 0.196. The van der Waals surface area contributed by atoms with E-state index in [0.717, 1.165) is 32.5 Å². The third kappa shape index (κ3) is 4.20. The number of rotatable bonds is 4. The molecule has 0 radical (unpaired) electrons. The SMILES string of the molecule is CNC(=O)C1CCN(C/C(C)=C/c2ccccc2)CC1. The van der Waals surface area contributed by atoms with E-state index in [4.69, 9.17) is 0 Å². The van der Waals surface area contributed by atoms with Gasteiger partial charge in [-0.05, 0) is 38.4 Å². The van der Waals surface area contributed by atoms with Crippen LogP contribution in [-0.2, 0) is 4.79 Å². The molecule has 3 heteroatoms. The van der Waals surface area contributed by atoms with Gasteiger partial charge in [0.15, 0.2) is 0 Å². The second kappa shape index (κ2) is 7.25. The molecule has 1 saturated heterocycles. The lowest BCUT2D eigenvalue weighted by molar-refractivity contribution is -0.125. The fourth-order valence-electron chi connectivity index (χ4n) is 2.79. The maximum atomic E-state index is 11.6. The number of likely N-dealkylation sites (tertiary alicyclic amines) is 1. The topological polar surface area (TPSA) is 32.3 Å². The number of nitrogens with zero attached hydrogens (tertiary/aromatic N) is 1. The Bertz CT molecular complexity index is 459. The lowest BCUT2D eigenvalue weighted by Crippen LogP contribution is -2.40. The molecule has 1 N–H and O–H groups in total. The number of nitrogens with one attached hydrogen (secondary N) is 1. The summed E-state index contributed by atoms with van der Waals surface area (Å²) in [7, 11) is 1.72. The van der Waals surface area contributed by atoms with Crippen LogP contribution < -0.4 is 5.32 Å². The van der Waals surface area contributed by atoms with Crippen LogP contribution in [0.5, 0.6) is 0 Å². The summed E-state index contributed by atoms with van der Waals surface area (Å²) in [6, 6.07) is 10.4. The number of amides is 1. The van der Waals surface area contributed by atoms with Gasteiger partial charge >= 0.3 is 0 Å². The predicted octanol–water partition coefficient (Wildman–Crippen LogP) is 2.55. The molecule has 1 fully saturated rings. The Kier molecular flexibility index (Phi) is 5.36. The predicted molar refractivity (Wildman–Crippen MR) is 83.3 cm³/mol. The van der Waals surface area contributed by atoms with Crippen LogP contribution in [0.15, 0.2) is 35.9 Å². The Morgan fingerprint density at radius 2 is 1.95 bits per heavy atom.